The average Bonchev–Trinajstić information content (AvgIpc) is 2.92. The lowest BCUT2D eigenvalue weighted by atomic mass is 10.3. The molecule has 12 heteroatoms. The number of alkyl halides is 3. The van der Waals surface area contributed by atoms with Crippen molar-refractivity contribution in [1.82, 2.24) is 20.0 Å². The number of guanidine groups is 1. The third kappa shape index (κ3) is 6.56. The first-order chi connectivity index (χ1) is 11.3. The molecule has 25 heavy (non-hydrogen) atoms. The smallest absolute Gasteiger partial charge is 0.355 e. The maximum atomic E-state index is 12.3. The van der Waals surface area contributed by atoms with Crippen LogP contribution in [0.2, 0.25) is 0 Å². The van der Waals surface area contributed by atoms with Gasteiger partial charge in [0.2, 0.25) is 5.91 Å². The lowest BCUT2D eigenvalue weighted by Gasteiger charge is -2.35. The van der Waals surface area contributed by atoms with E-state index in [-0.39, 0.29) is 60.5 Å². The average molecular weight is 492 g/mol. The van der Waals surface area contributed by atoms with E-state index in [1.807, 2.05) is 0 Å². The SMILES string of the molecule is CN=C(NCCSC(F)(F)F)N1CCN(c2cnn(C)c2)C(=O)C1.I. The summed E-state index contributed by atoms with van der Waals surface area (Å²) in [6.45, 7) is 1.23. The number of carbonyl (C=O) groups excluding carboxylic acids is 1. The fourth-order valence-electron chi connectivity index (χ4n) is 2.34. The summed E-state index contributed by atoms with van der Waals surface area (Å²) >= 11 is -0.0872. The largest absolute Gasteiger partial charge is 0.441 e. The molecule has 1 saturated heterocycles. The molecule has 142 valence electrons. The van der Waals surface area contributed by atoms with Crippen molar-refractivity contribution in [3.8, 4) is 0 Å². The number of rotatable bonds is 4. The predicted octanol–water partition coefficient (Wildman–Crippen LogP) is 1.52. The molecule has 1 aromatic heterocycles. The predicted molar refractivity (Wildman–Crippen MR) is 102 cm³/mol. The number of anilines is 1. The van der Waals surface area contributed by atoms with Gasteiger partial charge < -0.3 is 15.1 Å². The van der Waals surface area contributed by atoms with E-state index in [0.29, 0.717) is 19.0 Å². The van der Waals surface area contributed by atoms with Crippen molar-refractivity contribution in [3.63, 3.8) is 0 Å². The van der Waals surface area contributed by atoms with Crippen molar-refractivity contribution >= 4 is 53.3 Å². The van der Waals surface area contributed by atoms with Crippen LogP contribution in [0.3, 0.4) is 0 Å². The quantitative estimate of drug-likeness (QED) is 0.299. The number of hydrogen-bond donors (Lipinski definition) is 1. The van der Waals surface area contributed by atoms with Crippen LogP contribution in [0.15, 0.2) is 17.4 Å². The summed E-state index contributed by atoms with van der Waals surface area (Å²) in [5.41, 5.74) is -3.51. The van der Waals surface area contributed by atoms with Gasteiger partial charge in [-0.05, 0) is 11.8 Å². The van der Waals surface area contributed by atoms with Crippen molar-refractivity contribution in [1.29, 1.82) is 0 Å². The number of nitrogens with zero attached hydrogens (tertiary/aromatic N) is 5. The van der Waals surface area contributed by atoms with Gasteiger partial charge in [0.25, 0.3) is 0 Å². The van der Waals surface area contributed by atoms with E-state index in [2.05, 4.69) is 15.4 Å². The zero-order chi connectivity index (χ0) is 17.7. The Hall–Kier alpha value is -1.18. The number of thioether (sulfide) groups is 1. The molecule has 1 aliphatic heterocycles. The zero-order valence-electron chi connectivity index (χ0n) is 13.8. The van der Waals surface area contributed by atoms with Gasteiger partial charge in [0.15, 0.2) is 5.96 Å². The number of amides is 1. The van der Waals surface area contributed by atoms with E-state index in [9.17, 15) is 18.0 Å². The second-order valence-electron chi connectivity index (χ2n) is 5.11. The van der Waals surface area contributed by atoms with Crippen LogP contribution in [-0.4, -0.2) is 71.0 Å². The Morgan fingerprint density at radius 3 is 2.68 bits per heavy atom. The molecule has 0 spiro atoms. The number of nitrogens with one attached hydrogen (secondary N) is 1. The van der Waals surface area contributed by atoms with Crippen LogP contribution in [0.25, 0.3) is 0 Å². The minimum atomic E-state index is -4.24. The lowest BCUT2D eigenvalue weighted by molar-refractivity contribution is -0.120. The molecule has 2 rings (SSSR count). The van der Waals surface area contributed by atoms with E-state index in [0.717, 1.165) is 5.69 Å². The first-order valence-electron chi connectivity index (χ1n) is 7.25. The van der Waals surface area contributed by atoms with Gasteiger partial charge in [0, 0.05) is 45.7 Å². The standard InChI is InChI=1S/C13H19F3N6OS.HI/c1-17-12(18-3-6-24-13(14,15)16)21-4-5-22(11(23)9-21)10-7-19-20(2)8-10;/h7-8H,3-6,9H2,1-2H3,(H,17,18);1H. The van der Waals surface area contributed by atoms with E-state index < -0.39 is 5.51 Å². The van der Waals surface area contributed by atoms with Crippen LogP contribution >= 0.6 is 35.7 Å². The maximum Gasteiger partial charge on any atom is 0.441 e. The fraction of sp³-hybridized carbons (Fsp3) is 0.615. The summed E-state index contributed by atoms with van der Waals surface area (Å²) in [4.78, 5) is 19.7. The van der Waals surface area contributed by atoms with Crippen LogP contribution in [-0.2, 0) is 11.8 Å². The molecule has 1 amide bonds. The first kappa shape index (κ1) is 21.9. The van der Waals surface area contributed by atoms with E-state index in [1.54, 1.807) is 33.9 Å². The van der Waals surface area contributed by atoms with Gasteiger partial charge in [0.1, 0.15) is 6.54 Å². The topological polar surface area (TPSA) is 65.8 Å². The van der Waals surface area contributed by atoms with Crippen LogP contribution in [0.1, 0.15) is 0 Å². The van der Waals surface area contributed by atoms with Gasteiger partial charge in [-0.1, -0.05) is 0 Å². The number of piperazine rings is 1. The van der Waals surface area contributed by atoms with Crippen molar-refractivity contribution in [2.24, 2.45) is 12.0 Å². The zero-order valence-corrected chi connectivity index (χ0v) is 16.9. The molecule has 2 heterocycles. The van der Waals surface area contributed by atoms with Crippen LogP contribution in [0.5, 0.6) is 0 Å². The third-order valence-electron chi connectivity index (χ3n) is 3.39. The number of halogens is 4. The molecule has 0 radical (unpaired) electrons. The summed E-state index contributed by atoms with van der Waals surface area (Å²) < 4.78 is 38.0. The lowest BCUT2D eigenvalue weighted by Crippen LogP contribution is -2.55. The minimum Gasteiger partial charge on any atom is -0.355 e. The molecule has 0 aromatic carbocycles. The van der Waals surface area contributed by atoms with Gasteiger partial charge in [-0.25, -0.2) is 0 Å². The van der Waals surface area contributed by atoms with Crippen molar-refractivity contribution < 1.29 is 18.0 Å². The summed E-state index contributed by atoms with van der Waals surface area (Å²) in [6, 6.07) is 0. The first-order valence-corrected chi connectivity index (χ1v) is 8.24. The van der Waals surface area contributed by atoms with E-state index >= 15 is 0 Å². The van der Waals surface area contributed by atoms with Gasteiger partial charge in [0.05, 0.1) is 11.9 Å². The number of hydrogen-bond acceptors (Lipinski definition) is 4. The number of aromatic nitrogens is 2. The second-order valence-corrected chi connectivity index (χ2v) is 6.27. The molecular weight excluding hydrogens is 472 g/mol. The van der Waals surface area contributed by atoms with Crippen LogP contribution < -0.4 is 10.2 Å². The molecule has 0 saturated carbocycles. The molecule has 0 aliphatic carbocycles. The fourth-order valence-corrected chi connectivity index (χ4v) is 2.77. The summed E-state index contributed by atoms with van der Waals surface area (Å²) in [5, 5.41) is 6.90. The summed E-state index contributed by atoms with van der Waals surface area (Å²) in [7, 11) is 3.31. The summed E-state index contributed by atoms with van der Waals surface area (Å²) in [5.74, 6) is 0.199. The molecule has 1 aliphatic rings. The third-order valence-corrected chi connectivity index (χ3v) is 4.12. The molecule has 1 fully saturated rings. The molecule has 0 bridgehead atoms. The maximum absolute atomic E-state index is 12.3. The molecular formula is C13H20F3IN6OS. The Balaban J connectivity index is 0.00000312. The highest BCUT2D eigenvalue weighted by molar-refractivity contribution is 14.0. The number of aliphatic imine (C=N–C) groups is 1. The highest BCUT2D eigenvalue weighted by atomic mass is 127. The van der Waals surface area contributed by atoms with E-state index in [1.165, 1.54) is 7.05 Å². The Morgan fingerprint density at radius 1 is 1.44 bits per heavy atom. The number of aryl methyl sites for hydroxylation is 1. The van der Waals surface area contributed by atoms with Gasteiger partial charge >= 0.3 is 5.51 Å². The molecule has 1 N–H and O–H groups in total. The Bertz CT molecular complexity index is 609. The van der Waals surface area contributed by atoms with Crippen molar-refractivity contribution in [3.05, 3.63) is 12.4 Å². The Morgan fingerprint density at radius 2 is 2.16 bits per heavy atom. The van der Waals surface area contributed by atoms with Crippen LogP contribution in [0, 0.1) is 0 Å². The molecule has 0 atom stereocenters. The van der Waals surface area contributed by atoms with Crippen LogP contribution in [0.4, 0.5) is 18.9 Å². The molecule has 7 nitrogen and oxygen atoms in total. The Labute approximate surface area is 165 Å². The van der Waals surface area contributed by atoms with Gasteiger partial charge in [-0.2, -0.15) is 18.3 Å². The van der Waals surface area contributed by atoms with Gasteiger partial charge in [-0.3, -0.25) is 14.5 Å². The Kier molecular flexibility index (Phi) is 8.31. The highest BCUT2D eigenvalue weighted by Gasteiger charge is 2.29. The minimum absolute atomic E-state index is 0. The normalized spacial score (nSPS) is 16.0. The molecule has 1 aromatic rings. The summed E-state index contributed by atoms with van der Waals surface area (Å²) in [6.07, 6.45) is 3.38. The van der Waals surface area contributed by atoms with Crippen molar-refractivity contribution in [2.75, 3.05) is 43.9 Å². The number of carbonyl (C=O) groups is 1. The second kappa shape index (κ2) is 9.50. The van der Waals surface area contributed by atoms with E-state index in [4.69, 9.17) is 0 Å². The van der Waals surface area contributed by atoms with Gasteiger partial charge in [-0.15, -0.1) is 24.0 Å². The monoisotopic (exact) mass is 492 g/mol. The van der Waals surface area contributed by atoms with Crippen molar-refractivity contribution in [2.45, 2.75) is 5.51 Å². The molecule has 0 unspecified atom stereocenters. The highest BCUT2D eigenvalue weighted by Crippen LogP contribution is 2.29.